The fourth-order valence-corrected chi connectivity index (χ4v) is 4.13. The molecular weight excluding hydrogens is 384 g/mol. The molecule has 1 aromatic carbocycles. The van der Waals surface area contributed by atoms with E-state index in [2.05, 4.69) is 20.6 Å². The number of aromatic nitrogens is 2. The van der Waals surface area contributed by atoms with E-state index in [0.717, 1.165) is 16.8 Å². The van der Waals surface area contributed by atoms with Crippen LogP contribution in [-0.4, -0.2) is 27.7 Å². The molecule has 2 N–H and O–H groups in total. The number of rotatable bonds is 6. The van der Waals surface area contributed by atoms with Gasteiger partial charge in [0.1, 0.15) is 5.03 Å². The Morgan fingerprint density at radius 1 is 1.17 bits per heavy atom. The molecule has 0 fully saturated rings. The monoisotopic (exact) mass is 404 g/mol. The van der Waals surface area contributed by atoms with Gasteiger partial charge >= 0.3 is 0 Å². The Labute approximate surface area is 173 Å². The van der Waals surface area contributed by atoms with Crippen molar-refractivity contribution in [3.8, 4) is 0 Å². The van der Waals surface area contributed by atoms with Gasteiger partial charge in [-0.25, -0.2) is 4.98 Å². The summed E-state index contributed by atoms with van der Waals surface area (Å²) in [4.78, 5) is 32.9. The number of hydrogen-bond acceptors (Lipinski definition) is 6. The third-order valence-corrected chi connectivity index (χ3v) is 5.83. The molecule has 1 aliphatic heterocycles. The molecule has 4 rings (SSSR count). The fourth-order valence-electron chi connectivity index (χ4n) is 3.18. The van der Waals surface area contributed by atoms with E-state index in [-0.39, 0.29) is 17.7 Å². The summed E-state index contributed by atoms with van der Waals surface area (Å²) in [6, 6.07) is 12.9. The van der Waals surface area contributed by atoms with Crippen LogP contribution in [0.15, 0.2) is 66.1 Å². The molecule has 0 radical (unpaired) electrons. The summed E-state index contributed by atoms with van der Waals surface area (Å²) in [7, 11) is 0. The van der Waals surface area contributed by atoms with Gasteiger partial charge in [0, 0.05) is 42.1 Å². The lowest BCUT2D eigenvalue weighted by atomic mass is 10.1. The van der Waals surface area contributed by atoms with E-state index in [1.807, 2.05) is 30.3 Å². The van der Waals surface area contributed by atoms with Crippen LogP contribution < -0.4 is 10.6 Å². The second-order valence-electron chi connectivity index (χ2n) is 6.84. The number of benzene rings is 1. The largest absolute Gasteiger partial charge is 0.375 e. The molecular formula is C22H20N4O2S. The molecule has 1 unspecified atom stereocenters. The first-order chi connectivity index (χ1) is 14.1. The zero-order valence-corrected chi connectivity index (χ0v) is 16.7. The van der Waals surface area contributed by atoms with Crippen molar-refractivity contribution < 1.29 is 9.59 Å². The summed E-state index contributed by atoms with van der Waals surface area (Å²) in [6.45, 7) is 1.58. The van der Waals surface area contributed by atoms with Gasteiger partial charge in [-0.3, -0.25) is 14.6 Å². The standard InChI is InChI=1S/C22H20N4O2S/c1-14(27)19-11-16-4-5-17(12-20(16)26-19)25-21(28)18-3-2-8-24-22(18)29-13-15-6-9-23-10-7-15/h2-10,12,19,26H,11,13H2,1H3,(H,25,28). The number of amides is 1. The van der Waals surface area contributed by atoms with Crippen LogP contribution in [0.2, 0.25) is 0 Å². The molecule has 1 atom stereocenters. The summed E-state index contributed by atoms with van der Waals surface area (Å²) in [6.07, 6.45) is 5.87. The molecule has 1 amide bonds. The van der Waals surface area contributed by atoms with E-state index in [1.54, 1.807) is 37.6 Å². The van der Waals surface area contributed by atoms with Crippen LogP contribution >= 0.6 is 11.8 Å². The third kappa shape index (κ3) is 4.46. The quantitative estimate of drug-likeness (QED) is 0.606. The van der Waals surface area contributed by atoms with Crippen molar-refractivity contribution in [1.82, 2.24) is 9.97 Å². The molecule has 0 spiro atoms. The normalized spacial score (nSPS) is 14.7. The molecule has 3 heterocycles. The Morgan fingerprint density at radius 2 is 2.00 bits per heavy atom. The molecule has 7 heteroatoms. The number of pyridine rings is 2. The number of carbonyl (C=O) groups is 2. The smallest absolute Gasteiger partial charge is 0.258 e. The molecule has 29 heavy (non-hydrogen) atoms. The van der Waals surface area contributed by atoms with E-state index in [1.165, 1.54) is 11.8 Å². The Bertz CT molecular complexity index is 1060. The number of Topliss-reactive ketones (excluding diaryl/α,β-unsaturated/α-hetero) is 1. The van der Waals surface area contributed by atoms with Crippen molar-refractivity contribution in [1.29, 1.82) is 0 Å². The number of fused-ring (bicyclic) bond motifs is 1. The van der Waals surface area contributed by atoms with Crippen molar-refractivity contribution in [3.05, 3.63) is 77.7 Å². The van der Waals surface area contributed by atoms with E-state index in [9.17, 15) is 9.59 Å². The summed E-state index contributed by atoms with van der Waals surface area (Å²) < 4.78 is 0. The topological polar surface area (TPSA) is 84.0 Å². The number of thioether (sulfide) groups is 1. The predicted molar refractivity (Wildman–Crippen MR) is 114 cm³/mol. The van der Waals surface area contributed by atoms with Crippen LogP contribution in [0.4, 0.5) is 11.4 Å². The van der Waals surface area contributed by atoms with Gasteiger partial charge in [0.15, 0.2) is 5.78 Å². The van der Waals surface area contributed by atoms with Crippen LogP contribution in [0.25, 0.3) is 0 Å². The van der Waals surface area contributed by atoms with E-state index in [4.69, 9.17) is 0 Å². The highest BCUT2D eigenvalue weighted by molar-refractivity contribution is 7.98. The highest BCUT2D eigenvalue weighted by Gasteiger charge is 2.24. The molecule has 0 aliphatic carbocycles. The van der Waals surface area contributed by atoms with Gasteiger partial charge in [0.2, 0.25) is 0 Å². The lowest BCUT2D eigenvalue weighted by Gasteiger charge is -2.10. The van der Waals surface area contributed by atoms with Gasteiger partial charge in [0.25, 0.3) is 5.91 Å². The first kappa shape index (κ1) is 19.1. The number of nitrogens with zero attached hydrogens (tertiary/aromatic N) is 2. The summed E-state index contributed by atoms with van der Waals surface area (Å²) in [5.74, 6) is 0.601. The first-order valence-electron chi connectivity index (χ1n) is 9.28. The molecule has 1 aliphatic rings. The average molecular weight is 404 g/mol. The summed E-state index contributed by atoms with van der Waals surface area (Å²) in [5.41, 5.74) is 4.30. The Balaban J connectivity index is 1.47. The molecule has 0 saturated carbocycles. The highest BCUT2D eigenvalue weighted by atomic mass is 32.2. The number of carbonyl (C=O) groups excluding carboxylic acids is 2. The SMILES string of the molecule is CC(=O)C1Cc2ccc(NC(=O)c3cccnc3SCc3ccncc3)cc2N1. The van der Waals surface area contributed by atoms with Crippen LogP contribution in [0.5, 0.6) is 0 Å². The van der Waals surface area contributed by atoms with Crippen molar-refractivity contribution in [2.45, 2.75) is 30.2 Å². The first-order valence-corrected chi connectivity index (χ1v) is 10.3. The average Bonchev–Trinajstić information content (AvgIpc) is 3.17. The van der Waals surface area contributed by atoms with E-state index in [0.29, 0.717) is 28.5 Å². The molecule has 3 aromatic rings. The Kier molecular flexibility index (Phi) is 5.57. The maximum atomic E-state index is 12.9. The van der Waals surface area contributed by atoms with Crippen molar-refractivity contribution in [2.24, 2.45) is 0 Å². The maximum absolute atomic E-state index is 12.9. The van der Waals surface area contributed by atoms with Gasteiger partial charge in [-0.2, -0.15) is 0 Å². The molecule has 6 nitrogen and oxygen atoms in total. The summed E-state index contributed by atoms with van der Waals surface area (Å²) >= 11 is 1.51. The highest BCUT2D eigenvalue weighted by Crippen LogP contribution is 2.30. The Hall–Kier alpha value is -3.19. The predicted octanol–water partition coefficient (Wildman–Crippen LogP) is 3.95. The fraction of sp³-hybridized carbons (Fsp3) is 0.182. The van der Waals surface area contributed by atoms with Gasteiger partial charge in [-0.05, 0) is 54.4 Å². The minimum atomic E-state index is -0.212. The second kappa shape index (κ2) is 8.45. The second-order valence-corrected chi connectivity index (χ2v) is 7.80. The Morgan fingerprint density at radius 3 is 2.79 bits per heavy atom. The third-order valence-electron chi connectivity index (χ3n) is 4.75. The van der Waals surface area contributed by atoms with Gasteiger partial charge in [-0.1, -0.05) is 6.07 Å². The van der Waals surface area contributed by atoms with Crippen LogP contribution in [0.3, 0.4) is 0 Å². The van der Waals surface area contributed by atoms with Crippen molar-refractivity contribution in [3.63, 3.8) is 0 Å². The molecule has 0 saturated heterocycles. The number of hydrogen-bond donors (Lipinski definition) is 2. The minimum absolute atomic E-state index is 0.109. The van der Waals surface area contributed by atoms with Crippen LogP contribution in [0, 0.1) is 0 Å². The molecule has 2 aromatic heterocycles. The molecule has 146 valence electrons. The molecule has 0 bridgehead atoms. The van der Waals surface area contributed by atoms with Gasteiger partial charge in [-0.15, -0.1) is 11.8 Å². The van der Waals surface area contributed by atoms with Crippen molar-refractivity contribution >= 4 is 34.8 Å². The van der Waals surface area contributed by atoms with E-state index < -0.39 is 0 Å². The van der Waals surface area contributed by atoms with E-state index >= 15 is 0 Å². The maximum Gasteiger partial charge on any atom is 0.258 e. The lowest BCUT2D eigenvalue weighted by Crippen LogP contribution is -2.23. The van der Waals surface area contributed by atoms with Gasteiger partial charge in [0.05, 0.1) is 11.6 Å². The number of anilines is 2. The minimum Gasteiger partial charge on any atom is -0.375 e. The number of nitrogens with one attached hydrogen (secondary N) is 2. The van der Waals surface area contributed by atoms with Gasteiger partial charge < -0.3 is 10.6 Å². The van der Waals surface area contributed by atoms with Crippen LogP contribution in [0.1, 0.15) is 28.4 Å². The number of ketones is 1. The zero-order valence-electron chi connectivity index (χ0n) is 15.9. The lowest BCUT2D eigenvalue weighted by molar-refractivity contribution is -0.117. The van der Waals surface area contributed by atoms with Crippen molar-refractivity contribution in [2.75, 3.05) is 10.6 Å². The zero-order chi connectivity index (χ0) is 20.2. The summed E-state index contributed by atoms with van der Waals surface area (Å²) in [5, 5.41) is 6.84. The van der Waals surface area contributed by atoms with Crippen LogP contribution in [-0.2, 0) is 17.0 Å².